The van der Waals surface area contributed by atoms with Crippen LogP contribution >= 0.6 is 0 Å². The van der Waals surface area contributed by atoms with Crippen LogP contribution in [0.4, 0.5) is 0 Å². The van der Waals surface area contributed by atoms with Crippen LogP contribution in [0.25, 0.3) is 0 Å². The third kappa shape index (κ3) is 3.62. The van der Waals surface area contributed by atoms with Gasteiger partial charge in [0.1, 0.15) is 0 Å². The molecule has 5 heteroatoms. The lowest BCUT2D eigenvalue weighted by Gasteiger charge is -2.44. The first-order valence-electron chi connectivity index (χ1n) is 8.79. The van der Waals surface area contributed by atoms with Gasteiger partial charge in [-0.15, -0.1) is 0 Å². The molecule has 2 atom stereocenters. The summed E-state index contributed by atoms with van der Waals surface area (Å²) in [6.45, 7) is 8.19. The molecule has 0 unspecified atom stereocenters. The number of hydrogen-bond acceptors (Lipinski definition) is 4. The van der Waals surface area contributed by atoms with Crippen LogP contribution in [0.1, 0.15) is 31.4 Å². The van der Waals surface area contributed by atoms with Crippen LogP contribution in [0.15, 0.2) is 24.3 Å². The second-order valence-corrected chi connectivity index (χ2v) is 8.99. The Kier molecular flexibility index (Phi) is 5.09. The van der Waals surface area contributed by atoms with Gasteiger partial charge in [-0.05, 0) is 30.5 Å². The zero-order valence-electron chi connectivity index (χ0n) is 14.2. The molecule has 1 aromatic rings. The molecule has 23 heavy (non-hydrogen) atoms. The molecule has 3 rings (SSSR count). The summed E-state index contributed by atoms with van der Waals surface area (Å²) >= 11 is 0. The molecule has 0 amide bonds. The molecular weight excluding hydrogens is 308 g/mol. The molecule has 1 aromatic carbocycles. The molecule has 0 saturated carbocycles. The minimum absolute atomic E-state index is 0.158. The Bertz CT molecular complexity index is 644. The number of hydrogen-bond donors (Lipinski definition) is 0. The smallest absolute Gasteiger partial charge is 0.153 e. The van der Waals surface area contributed by atoms with Crippen LogP contribution in [-0.4, -0.2) is 61.4 Å². The van der Waals surface area contributed by atoms with Crippen LogP contribution in [0.3, 0.4) is 0 Å². The molecule has 2 fully saturated rings. The van der Waals surface area contributed by atoms with Gasteiger partial charge in [0.25, 0.3) is 0 Å². The summed E-state index contributed by atoms with van der Waals surface area (Å²) in [5, 5.41) is 0. The van der Waals surface area contributed by atoms with Crippen molar-refractivity contribution in [3.8, 4) is 0 Å². The van der Waals surface area contributed by atoms with Crippen molar-refractivity contribution in [3.05, 3.63) is 35.4 Å². The lowest BCUT2D eigenvalue weighted by atomic mass is 10.0. The molecule has 2 saturated heterocycles. The van der Waals surface area contributed by atoms with E-state index in [9.17, 15) is 8.42 Å². The highest BCUT2D eigenvalue weighted by Gasteiger charge is 2.46. The zero-order valence-corrected chi connectivity index (χ0v) is 15.1. The highest BCUT2D eigenvalue weighted by atomic mass is 32.2. The van der Waals surface area contributed by atoms with Crippen LogP contribution < -0.4 is 0 Å². The van der Waals surface area contributed by atoms with E-state index >= 15 is 0 Å². The summed E-state index contributed by atoms with van der Waals surface area (Å²) in [4.78, 5) is 4.81. The van der Waals surface area contributed by atoms with Crippen molar-refractivity contribution >= 4 is 9.84 Å². The van der Waals surface area contributed by atoms with Gasteiger partial charge in [-0.1, -0.05) is 38.1 Å². The number of rotatable bonds is 5. The predicted molar refractivity (Wildman–Crippen MR) is 94.3 cm³/mol. The Hall–Kier alpha value is -0.910. The third-order valence-electron chi connectivity index (χ3n) is 5.29. The molecular formula is C18H28N2O2S. The minimum Gasteiger partial charge on any atom is -0.297 e. The number of piperazine rings is 1. The van der Waals surface area contributed by atoms with Crippen molar-refractivity contribution in [2.75, 3.05) is 31.1 Å². The maximum absolute atomic E-state index is 12.2. The van der Waals surface area contributed by atoms with Gasteiger partial charge in [-0.3, -0.25) is 9.80 Å². The van der Waals surface area contributed by atoms with Gasteiger partial charge in [0.2, 0.25) is 0 Å². The summed E-state index contributed by atoms with van der Waals surface area (Å²) in [5.74, 6) is 0.662. The maximum Gasteiger partial charge on any atom is 0.153 e. The molecule has 2 heterocycles. The van der Waals surface area contributed by atoms with E-state index in [-0.39, 0.29) is 12.1 Å². The molecule has 0 spiro atoms. The second-order valence-electron chi connectivity index (χ2n) is 6.84. The maximum atomic E-state index is 12.2. The average molecular weight is 337 g/mol. The number of nitrogens with zero attached hydrogens (tertiary/aromatic N) is 2. The van der Waals surface area contributed by atoms with Crippen molar-refractivity contribution in [2.24, 2.45) is 0 Å². The Labute approximate surface area is 140 Å². The lowest BCUT2D eigenvalue weighted by Crippen LogP contribution is -2.58. The number of fused-ring (bicyclic) bond motifs is 1. The Morgan fingerprint density at radius 3 is 2.26 bits per heavy atom. The van der Waals surface area contributed by atoms with Gasteiger partial charge in [0.15, 0.2) is 9.84 Å². The number of aryl methyl sites for hydroxylation is 1. The lowest BCUT2D eigenvalue weighted by molar-refractivity contribution is 0.0404. The van der Waals surface area contributed by atoms with E-state index in [4.69, 9.17) is 0 Å². The Morgan fingerprint density at radius 1 is 1.00 bits per heavy atom. The van der Waals surface area contributed by atoms with Crippen LogP contribution in [0.5, 0.6) is 0 Å². The Balaban J connectivity index is 1.81. The normalized spacial score (nSPS) is 27.9. The standard InChI is InChI=1S/C18H28N2O2S/c1-3-9-19-10-11-20(18-14-23(21,22)13-17(18)19)12-16-8-6-5-7-15(16)4-2/h5-8,17-18H,3-4,9-14H2,1-2H3/t17-,18+/m1/s1. The predicted octanol–water partition coefficient (Wildman–Crippen LogP) is 1.94. The van der Waals surface area contributed by atoms with Gasteiger partial charge >= 0.3 is 0 Å². The van der Waals surface area contributed by atoms with E-state index in [0.29, 0.717) is 11.5 Å². The zero-order chi connectivity index (χ0) is 16.4. The summed E-state index contributed by atoms with van der Waals surface area (Å²) in [6.07, 6.45) is 2.11. The van der Waals surface area contributed by atoms with Gasteiger partial charge in [-0.2, -0.15) is 0 Å². The fourth-order valence-corrected chi connectivity index (χ4v) is 6.18. The van der Waals surface area contributed by atoms with Crippen molar-refractivity contribution in [1.29, 1.82) is 0 Å². The summed E-state index contributed by atoms with van der Waals surface area (Å²) < 4.78 is 24.4. The molecule has 128 valence electrons. The quantitative estimate of drug-likeness (QED) is 0.824. The van der Waals surface area contributed by atoms with Gasteiger partial charge in [0.05, 0.1) is 11.5 Å². The Morgan fingerprint density at radius 2 is 1.61 bits per heavy atom. The first kappa shape index (κ1) is 16.9. The molecule has 2 aliphatic heterocycles. The summed E-state index contributed by atoms with van der Waals surface area (Å²) in [6, 6.07) is 8.89. The van der Waals surface area contributed by atoms with Crippen LogP contribution in [-0.2, 0) is 22.8 Å². The minimum atomic E-state index is -2.90. The van der Waals surface area contributed by atoms with E-state index < -0.39 is 9.84 Å². The molecule has 2 aliphatic rings. The fraction of sp³-hybridized carbons (Fsp3) is 0.667. The van der Waals surface area contributed by atoms with E-state index in [1.165, 1.54) is 11.1 Å². The third-order valence-corrected chi connectivity index (χ3v) is 6.99. The molecule has 0 bridgehead atoms. The van der Waals surface area contributed by atoms with E-state index in [2.05, 4.69) is 47.9 Å². The summed E-state index contributed by atoms with van der Waals surface area (Å²) in [7, 11) is -2.90. The van der Waals surface area contributed by atoms with Crippen molar-refractivity contribution < 1.29 is 8.42 Å². The first-order chi connectivity index (χ1) is 11.0. The van der Waals surface area contributed by atoms with Crippen molar-refractivity contribution in [2.45, 2.75) is 45.3 Å². The summed E-state index contributed by atoms with van der Waals surface area (Å²) in [5.41, 5.74) is 2.72. The highest BCUT2D eigenvalue weighted by molar-refractivity contribution is 7.91. The van der Waals surface area contributed by atoms with Crippen LogP contribution in [0, 0.1) is 0 Å². The van der Waals surface area contributed by atoms with E-state index in [1.807, 2.05) is 0 Å². The second kappa shape index (κ2) is 6.91. The van der Waals surface area contributed by atoms with Crippen molar-refractivity contribution in [3.63, 3.8) is 0 Å². The van der Waals surface area contributed by atoms with Gasteiger partial charge in [0, 0.05) is 31.7 Å². The monoisotopic (exact) mass is 336 g/mol. The number of benzene rings is 1. The van der Waals surface area contributed by atoms with Gasteiger partial charge in [-0.25, -0.2) is 8.42 Å². The molecule has 0 N–H and O–H groups in total. The van der Waals surface area contributed by atoms with Gasteiger partial charge < -0.3 is 0 Å². The molecule has 0 aromatic heterocycles. The average Bonchev–Trinajstić information content (AvgIpc) is 2.86. The molecule has 0 radical (unpaired) electrons. The topological polar surface area (TPSA) is 40.6 Å². The number of sulfone groups is 1. The molecule has 0 aliphatic carbocycles. The SMILES string of the molecule is CCCN1CCN(Cc2ccccc2CC)[C@H]2CS(=O)(=O)C[C@H]21. The van der Waals surface area contributed by atoms with E-state index in [0.717, 1.165) is 39.0 Å². The van der Waals surface area contributed by atoms with Crippen molar-refractivity contribution in [1.82, 2.24) is 9.80 Å². The molecule has 4 nitrogen and oxygen atoms in total. The van der Waals surface area contributed by atoms with Crippen LogP contribution in [0.2, 0.25) is 0 Å². The highest BCUT2D eigenvalue weighted by Crippen LogP contribution is 2.28. The largest absolute Gasteiger partial charge is 0.297 e. The first-order valence-corrected chi connectivity index (χ1v) is 10.6. The fourth-order valence-electron chi connectivity index (χ4n) is 4.13. The van der Waals surface area contributed by atoms with E-state index in [1.54, 1.807) is 0 Å².